The van der Waals surface area contributed by atoms with Crippen LogP contribution in [0.1, 0.15) is 50.8 Å². The van der Waals surface area contributed by atoms with Gasteiger partial charge in [-0.25, -0.2) is 9.18 Å². The number of likely N-dealkylation sites (tertiary alicyclic amines) is 1. The van der Waals surface area contributed by atoms with Gasteiger partial charge in [0.2, 0.25) is 0 Å². The van der Waals surface area contributed by atoms with Crippen molar-refractivity contribution in [3.8, 4) is 0 Å². The Morgan fingerprint density at radius 3 is 2.47 bits per heavy atom. The molecule has 4 rings (SSSR count). The summed E-state index contributed by atoms with van der Waals surface area (Å²) < 4.78 is 14.7. The van der Waals surface area contributed by atoms with E-state index in [2.05, 4.69) is 24.1 Å². The molecule has 1 unspecified atom stereocenters. The van der Waals surface area contributed by atoms with Crippen LogP contribution in [0.2, 0.25) is 0 Å². The van der Waals surface area contributed by atoms with E-state index in [1.165, 1.54) is 15.9 Å². The molecule has 0 radical (unpaired) electrons. The molecule has 2 aliphatic heterocycles. The quantitative estimate of drug-likeness (QED) is 0.433. The van der Waals surface area contributed by atoms with Crippen LogP contribution in [0.3, 0.4) is 0 Å². The Balaban J connectivity index is 1.48. The second-order valence-corrected chi connectivity index (χ2v) is 10.0. The molecule has 1 N–H and O–H groups in total. The van der Waals surface area contributed by atoms with E-state index in [1.54, 1.807) is 42.6 Å². The van der Waals surface area contributed by atoms with E-state index in [1.807, 2.05) is 12.1 Å². The third-order valence-corrected chi connectivity index (χ3v) is 7.14. The van der Waals surface area contributed by atoms with Crippen molar-refractivity contribution < 1.29 is 18.8 Å². The smallest absolute Gasteiger partial charge is 0.325 e. The largest absolute Gasteiger partial charge is 0.337 e. The molecule has 0 saturated carbocycles. The summed E-state index contributed by atoms with van der Waals surface area (Å²) in [5.74, 6) is -1.48. The lowest BCUT2D eigenvalue weighted by Gasteiger charge is -2.41. The molecule has 36 heavy (non-hydrogen) atoms. The average molecular weight is 493 g/mol. The Morgan fingerprint density at radius 1 is 1.14 bits per heavy atom. The third-order valence-electron chi connectivity index (χ3n) is 7.14. The van der Waals surface area contributed by atoms with Crippen molar-refractivity contribution in [1.82, 2.24) is 20.1 Å². The summed E-state index contributed by atoms with van der Waals surface area (Å²) in [7, 11) is 0. The molecule has 190 valence electrons. The fourth-order valence-electron chi connectivity index (χ4n) is 5.09. The Labute approximate surface area is 211 Å². The van der Waals surface area contributed by atoms with Crippen LogP contribution in [0.5, 0.6) is 0 Å². The Hall–Kier alpha value is -3.55. The topological polar surface area (TPSA) is 82.6 Å². The number of nitrogens with zero attached hydrogens (tertiary/aromatic N) is 3. The second-order valence-electron chi connectivity index (χ2n) is 10.0. The number of hydrogen-bond acceptors (Lipinski definition) is 4. The lowest BCUT2D eigenvalue weighted by atomic mass is 9.74. The minimum atomic E-state index is -1.02. The number of piperidine rings is 1. The molecule has 2 fully saturated rings. The van der Waals surface area contributed by atoms with Gasteiger partial charge in [-0.15, -0.1) is 0 Å². The molecule has 0 spiro atoms. The summed E-state index contributed by atoms with van der Waals surface area (Å²) >= 11 is 0. The van der Waals surface area contributed by atoms with Gasteiger partial charge in [-0.2, -0.15) is 0 Å². The number of carbonyl (C=O) groups is 3. The van der Waals surface area contributed by atoms with Gasteiger partial charge >= 0.3 is 6.03 Å². The van der Waals surface area contributed by atoms with E-state index in [-0.39, 0.29) is 18.4 Å². The molecule has 1 aromatic carbocycles. The zero-order valence-electron chi connectivity index (χ0n) is 20.8. The number of hydrogen-bond donors (Lipinski definition) is 1. The van der Waals surface area contributed by atoms with Crippen LogP contribution >= 0.6 is 0 Å². The number of amides is 4. The third kappa shape index (κ3) is 5.48. The number of imide groups is 1. The molecule has 3 heterocycles. The van der Waals surface area contributed by atoms with Crippen molar-refractivity contribution in [1.29, 1.82) is 0 Å². The Bertz CT molecular complexity index is 1110. The number of carbonyl (C=O) groups excluding carboxylic acids is 3. The van der Waals surface area contributed by atoms with E-state index in [9.17, 15) is 18.8 Å². The molecule has 0 bridgehead atoms. The Morgan fingerprint density at radius 2 is 1.83 bits per heavy atom. The van der Waals surface area contributed by atoms with E-state index in [0.29, 0.717) is 49.5 Å². The monoisotopic (exact) mass is 492 g/mol. The molecule has 4 amide bonds. The number of aromatic nitrogens is 1. The van der Waals surface area contributed by atoms with Crippen LogP contribution in [-0.4, -0.2) is 51.3 Å². The second kappa shape index (κ2) is 11.0. The lowest BCUT2D eigenvalue weighted by molar-refractivity contribution is -0.136. The molecule has 0 aliphatic carbocycles. The van der Waals surface area contributed by atoms with E-state index in [4.69, 9.17) is 0 Å². The zero-order chi connectivity index (χ0) is 25.7. The molecule has 7 nitrogen and oxygen atoms in total. The molecule has 1 aromatic heterocycles. The molecule has 2 aromatic rings. The normalized spacial score (nSPS) is 21.3. The first kappa shape index (κ1) is 25.5. The van der Waals surface area contributed by atoms with Crippen LogP contribution < -0.4 is 5.32 Å². The van der Waals surface area contributed by atoms with Crippen molar-refractivity contribution in [2.45, 2.75) is 51.6 Å². The maximum atomic E-state index is 14.7. The van der Waals surface area contributed by atoms with Crippen molar-refractivity contribution in [2.24, 2.45) is 11.8 Å². The lowest BCUT2D eigenvalue weighted by Crippen LogP contribution is -2.56. The number of urea groups is 1. The minimum Gasteiger partial charge on any atom is -0.337 e. The van der Waals surface area contributed by atoms with Crippen molar-refractivity contribution in [3.63, 3.8) is 0 Å². The van der Waals surface area contributed by atoms with Gasteiger partial charge in [-0.1, -0.05) is 50.2 Å². The standard InChI is InChI=1S/C28H33FN4O3/c1-20(2)11-14-28(26(35)33(27(36)31-28)19-23-10-6-7-15-30-23)22-12-16-32(17-13-22)25(34)24(29)18-21-8-4-3-5-9-21/h3-10,15,18,20,22H,11-14,16-17,19H2,1-2H3,(H,31,36). The summed E-state index contributed by atoms with van der Waals surface area (Å²) in [6, 6.07) is 13.9. The molecule has 2 saturated heterocycles. The highest BCUT2D eigenvalue weighted by molar-refractivity contribution is 6.07. The number of rotatable bonds is 8. The molecular formula is C28H33FN4O3. The van der Waals surface area contributed by atoms with Gasteiger partial charge in [0, 0.05) is 19.3 Å². The van der Waals surface area contributed by atoms with Crippen molar-refractivity contribution >= 4 is 23.9 Å². The number of halogens is 1. The van der Waals surface area contributed by atoms with Crippen LogP contribution in [0.15, 0.2) is 60.6 Å². The SMILES string of the molecule is CC(C)CCC1(C2CCN(C(=O)C(F)=Cc3ccccc3)CC2)NC(=O)N(Cc2ccccn2)C1=O. The van der Waals surface area contributed by atoms with Crippen LogP contribution in [0.4, 0.5) is 9.18 Å². The predicted molar refractivity (Wildman–Crippen MR) is 135 cm³/mol. The number of benzene rings is 1. The average Bonchev–Trinajstić information content (AvgIpc) is 3.13. The number of pyridine rings is 1. The number of nitrogens with one attached hydrogen (secondary N) is 1. The summed E-state index contributed by atoms with van der Waals surface area (Å²) in [6.45, 7) is 4.94. The summed E-state index contributed by atoms with van der Waals surface area (Å²) in [4.78, 5) is 46.5. The molecule has 8 heteroatoms. The van der Waals surface area contributed by atoms with Gasteiger partial charge in [0.05, 0.1) is 12.2 Å². The van der Waals surface area contributed by atoms with Crippen LogP contribution in [0.25, 0.3) is 6.08 Å². The van der Waals surface area contributed by atoms with Crippen molar-refractivity contribution in [2.75, 3.05) is 13.1 Å². The van der Waals surface area contributed by atoms with E-state index >= 15 is 0 Å². The molecular weight excluding hydrogens is 459 g/mol. The summed E-state index contributed by atoms with van der Waals surface area (Å²) in [6.07, 6.45) is 5.19. The van der Waals surface area contributed by atoms with Gasteiger partial charge in [-0.05, 0) is 61.3 Å². The van der Waals surface area contributed by atoms with Crippen LogP contribution in [-0.2, 0) is 16.1 Å². The first-order valence-corrected chi connectivity index (χ1v) is 12.6. The summed E-state index contributed by atoms with van der Waals surface area (Å²) in [5.41, 5.74) is 0.240. The molecule has 2 aliphatic rings. The van der Waals surface area contributed by atoms with Gasteiger partial charge in [0.1, 0.15) is 5.54 Å². The highest BCUT2D eigenvalue weighted by Crippen LogP contribution is 2.38. The fraction of sp³-hybridized carbons (Fsp3) is 0.429. The highest BCUT2D eigenvalue weighted by atomic mass is 19.1. The van der Waals surface area contributed by atoms with Gasteiger partial charge in [-0.3, -0.25) is 19.5 Å². The Kier molecular flexibility index (Phi) is 7.82. The fourth-order valence-corrected chi connectivity index (χ4v) is 5.09. The maximum Gasteiger partial charge on any atom is 0.325 e. The van der Waals surface area contributed by atoms with Crippen LogP contribution in [0, 0.1) is 11.8 Å². The minimum absolute atomic E-state index is 0.113. The maximum absolute atomic E-state index is 14.7. The van der Waals surface area contributed by atoms with Gasteiger partial charge in [0.25, 0.3) is 11.8 Å². The zero-order valence-corrected chi connectivity index (χ0v) is 20.8. The highest BCUT2D eigenvalue weighted by Gasteiger charge is 2.55. The molecule has 1 atom stereocenters. The van der Waals surface area contributed by atoms with Gasteiger partial charge in [0.15, 0.2) is 5.83 Å². The first-order chi connectivity index (χ1) is 17.3. The predicted octanol–water partition coefficient (Wildman–Crippen LogP) is 4.56. The van der Waals surface area contributed by atoms with E-state index < -0.39 is 23.3 Å². The van der Waals surface area contributed by atoms with Crippen molar-refractivity contribution in [3.05, 3.63) is 71.8 Å². The summed E-state index contributed by atoms with van der Waals surface area (Å²) in [5, 5.41) is 3.03. The first-order valence-electron chi connectivity index (χ1n) is 12.6. The van der Waals surface area contributed by atoms with Gasteiger partial charge < -0.3 is 10.2 Å². The van der Waals surface area contributed by atoms with E-state index in [0.717, 1.165) is 6.42 Å².